The lowest BCUT2D eigenvalue weighted by Gasteiger charge is -1.82. The molecule has 1 aliphatic carbocycles. The average molecular weight is 84.2 g/mol. The summed E-state index contributed by atoms with van der Waals surface area (Å²) in [6, 6.07) is 0. The molecule has 1 saturated carbocycles. The van der Waals surface area contributed by atoms with Crippen LogP contribution in [0.3, 0.4) is 0 Å². The largest absolute Gasteiger partial charge is 0.0654 e. The van der Waals surface area contributed by atoms with E-state index in [1.165, 1.54) is 25.7 Å². The van der Waals surface area contributed by atoms with Gasteiger partial charge in [-0.15, -0.1) is 0 Å². The first-order valence-electron chi connectivity index (χ1n) is 2.93. The highest BCUT2D eigenvalue weighted by Gasteiger charge is 2.18. The topological polar surface area (TPSA) is 0 Å². The van der Waals surface area contributed by atoms with Gasteiger partial charge in [-0.2, -0.15) is 0 Å². The number of hydrogen-bond acceptors (Lipinski definition) is 0. The van der Waals surface area contributed by atoms with E-state index in [0.717, 1.165) is 5.92 Å². The van der Waals surface area contributed by atoms with Crippen molar-refractivity contribution in [2.24, 2.45) is 5.92 Å². The highest BCUT2D eigenvalue weighted by Crippen LogP contribution is 2.32. The normalized spacial score (nSPS) is 21.5. The van der Waals surface area contributed by atoms with Crippen LogP contribution in [-0.4, -0.2) is 0 Å². The molecule has 0 nitrogen and oxygen atoms in total. The van der Waals surface area contributed by atoms with Gasteiger partial charge in [-0.3, -0.25) is 0 Å². The van der Waals surface area contributed by atoms with Crippen molar-refractivity contribution in [2.75, 3.05) is 0 Å². The highest BCUT2D eigenvalue weighted by atomic mass is 14.2. The molecule has 0 bridgehead atoms. The van der Waals surface area contributed by atoms with Crippen LogP contribution in [0.1, 0.15) is 32.6 Å². The summed E-state index contributed by atoms with van der Waals surface area (Å²) in [5.74, 6) is 1.15. The molecule has 0 amide bonds. The van der Waals surface area contributed by atoms with Gasteiger partial charge in [0.05, 0.1) is 0 Å². The molecule has 0 aromatic heterocycles. The van der Waals surface area contributed by atoms with E-state index in [1.807, 2.05) is 0 Å². The van der Waals surface area contributed by atoms with Crippen LogP contribution in [0.4, 0.5) is 0 Å². The molecule has 0 unspecified atom stereocenters. The molecule has 1 aliphatic rings. The Morgan fingerprint density at radius 1 is 1.50 bits per heavy atom. The van der Waals surface area contributed by atoms with Crippen LogP contribution in [0.15, 0.2) is 0 Å². The van der Waals surface area contributed by atoms with Gasteiger partial charge in [0.15, 0.2) is 0 Å². The van der Waals surface area contributed by atoms with Gasteiger partial charge >= 0.3 is 0 Å². The first kappa shape index (κ1) is 4.17. The van der Waals surface area contributed by atoms with Crippen molar-refractivity contribution in [2.45, 2.75) is 32.6 Å². The molecule has 0 saturated heterocycles. The van der Waals surface area contributed by atoms with Crippen LogP contribution >= 0.6 is 0 Å². The van der Waals surface area contributed by atoms with Crippen molar-refractivity contribution >= 4 is 0 Å². The van der Waals surface area contributed by atoms with Crippen LogP contribution in [0, 0.1) is 5.92 Å². The van der Waals surface area contributed by atoms with Crippen molar-refractivity contribution in [3.8, 4) is 0 Å². The second kappa shape index (κ2) is 1.63. The van der Waals surface area contributed by atoms with Crippen LogP contribution in [0.5, 0.6) is 0 Å². The molecular formula is C6H12. The SMILES string of the molecule is CCCC1CC1. The summed E-state index contributed by atoms with van der Waals surface area (Å²) in [6.07, 6.45) is 5.92. The lowest BCUT2D eigenvalue weighted by Crippen LogP contribution is -1.68. The quantitative estimate of drug-likeness (QED) is 0.481. The molecule has 0 radical (unpaired) electrons. The molecule has 1 rings (SSSR count). The Morgan fingerprint density at radius 2 is 2.17 bits per heavy atom. The number of rotatable bonds is 2. The predicted molar refractivity (Wildman–Crippen MR) is 27.6 cm³/mol. The van der Waals surface area contributed by atoms with Gasteiger partial charge in [0.1, 0.15) is 0 Å². The molecule has 0 spiro atoms. The fraction of sp³-hybridized carbons (Fsp3) is 1.00. The van der Waals surface area contributed by atoms with E-state index in [0.29, 0.717) is 0 Å². The van der Waals surface area contributed by atoms with Gasteiger partial charge in [-0.1, -0.05) is 32.6 Å². The monoisotopic (exact) mass is 84.1 g/mol. The summed E-state index contributed by atoms with van der Waals surface area (Å²) < 4.78 is 0. The fourth-order valence-electron chi connectivity index (χ4n) is 0.815. The lowest BCUT2D eigenvalue weighted by molar-refractivity contribution is 0.708. The summed E-state index contributed by atoms with van der Waals surface area (Å²) in [6.45, 7) is 2.26. The molecule has 0 aromatic rings. The maximum absolute atomic E-state index is 2.26. The molecule has 0 aliphatic heterocycles. The first-order chi connectivity index (χ1) is 2.93. The summed E-state index contributed by atoms with van der Waals surface area (Å²) in [4.78, 5) is 0. The van der Waals surface area contributed by atoms with Crippen molar-refractivity contribution in [1.82, 2.24) is 0 Å². The Morgan fingerprint density at radius 3 is 2.33 bits per heavy atom. The third-order valence-electron chi connectivity index (χ3n) is 1.39. The minimum Gasteiger partial charge on any atom is -0.0654 e. The van der Waals surface area contributed by atoms with Gasteiger partial charge in [-0.05, 0) is 5.92 Å². The van der Waals surface area contributed by atoms with Crippen molar-refractivity contribution < 1.29 is 0 Å². The summed E-state index contributed by atoms with van der Waals surface area (Å²) in [5.41, 5.74) is 0. The average Bonchev–Trinajstić information content (AvgIpc) is 2.21. The van der Waals surface area contributed by atoms with Gasteiger partial charge in [-0.25, -0.2) is 0 Å². The molecule has 1 fully saturated rings. The zero-order chi connectivity index (χ0) is 4.41. The van der Waals surface area contributed by atoms with E-state index < -0.39 is 0 Å². The standard InChI is InChI=1S/C6H12/c1-2-3-6-4-5-6/h6H,2-5H2,1H3. The van der Waals surface area contributed by atoms with Crippen LogP contribution in [0.2, 0.25) is 0 Å². The lowest BCUT2D eigenvalue weighted by atomic mass is 10.2. The van der Waals surface area contributed by atoms with Gasteiger partial charge < -0.3 is 0 Å². The zero-order valence-corrected chi connectivity index (χ0v) is 4.41. The maximum Gasteiger partial charge on any atom is -0.0414 e. The summed E-state index contributed by atoms with van der Waals surface area (Å²) in [5, 5.41) is 0. The predicted octanol–water partition coefficient (Wildman–Crippen LogP) is 2.20. The summed E-state index contributed by atoms with van der Waals surface area (Å²) in [7, 11) is 0. The molecule has 0 atom stereocenters. The Kier molecular flexibility index (Phi) is 1.13. The van der Waals surface area contributed by atoms with E-state index >= 15 is 0 Å². The molecule has 0 aromatic carbocycles. The zero-order valence-electron chi connectivity index (χ0n) is 4.41. The Hall–Kier alpha value is 0. The van der Waals surface area contributed by atoms with E-state index in [-0.39, 0.29) is 0 Å². The Balaban J connectivity index is 1.88. The van der Waals surface area contributed by atoms with Gasteiger partial charge in [0, 0.05) is 0 Å². The van der Waals surface area contributed by atoms with E-state index in [2.05, 4.69) is 6.92 Å². The van der Waals surface area contributed by atoms with Crippen molar-refractivity contribution in [3.63, 3.8) is 0 Å². The van der Waals surface area contributed by atoms with Crippen molar-refractivity contribution in [1.29, 1.82) is 0 Å². The Bertz CT molecular complexity index is 35.3. The number of hydrogen-bond donors (Lipinski definition) is 0. The molecule has 0 N–H and O–H groups in total. The molecule has 6 heavy (non-hydrogen) atoms. The fourth-order valence-corrected chi connectivity index (χ4v) is 0.815. The second-order valence-electron chi connectivity index (χ2n) is 2.23. The summed E-state index contributed by atoms with van der Waals surface area (Å²) >= 11 is 0. The van der Waals surface area contributed by atoms with Crippen molar-refractivity contribution in [3.05, 3.63) is 0 Å². The van der Waals surface area contributed by atoms with Gasteiger partial charge in [0.2, 0.25) is 0 Å². The smallest absolute Gasteiger partial charge is 0.0414 e. The maximum atomic E-state index is 2.26. The van der Waals surface area contributed by atoms with Crippen LogP contribution < -0.4 is 0 Å². The van der Waals surface area contributed by atoms with Crippen LogP contribution in [-0.2, 0) is 0 Å². The van der Waals surface area contributed by atoms with Crippen LogP contribution in [0.25, 0.3) is 0 Å². The molecular weight excluding hydrogens is 72.1 g/mol. The minimum absolute atomic E-state index is 1.15. The molecule has 0 heterocycles. The van der Waals surface area contributed by atoms with E-state index in [1.54, 1.807) is 0 Å². The minimum atomic E-state index is 1.15. The third kappa shape index (κ3) is 1.00. The Labute approximate surface area is 39.6 Å². The molecule has 36 valence electrons. The second-order valence-corrected chi connectivity index (χ2v) is 2.23. The van der Waals surface area contributed by atoms with E-state index in [9.17, 15) is 0 Å². The highest BCUT2D eigenvalue weighted by molar-refractivity contribution is 4.71. The first-order valence-corrected chi connectivity index (χ1v) is 2.93. The third-order valence-corrected chi connectivity index (χ3v) is 1.39. The molecule has 0 heteroatoms. The van der Waals surface area contributed by atoms with E-state index in [4.69, 9.17) is 0 Å². The van der Waals surface area contributed by atoms with Gasteiger partial charge in [0.25, 0.3) is 0 Å².